The zero-order valence-electron chi connectivity index (χ0n) is 13.6. The Morgan fingerprint density at radius 2 is 2.21 bits per heavy atom. The van der Waals surface area contributed by atoms with Crippen molar-refractivity contribution in [2.24, 2.45) is 0 Å². The van der Waals surface area contributed by atoms with Gasteiger partial charge in [0.05, 0.1) is 35.1 Å². The molecule has 0 radical (unpaired) electrons. The van der Waals surface area contributed by atoms with E-state index in [0.29, 0.717) is 18.1 Å². The van der Waals surface area contributed by atoms with Crippen LogP contribution in [0.25, 0.3) is 11.0 Å². The molecular weight excluding hydrogens is 326 g/mol. The van der Waals surface area contributed by atoms with Gasteiger partial charge in [-0.2, -0.15) is 0 Å². The van der Waals surface area contributed by atoms with Crippen LogP contribution < -0.4 is 5.32 Å². The van der Waals surface area contributed by atoms with Crippen molar-refractivity contribution in [3.63, 3.8) is 0 Å². The summed E-state index contributed by atoms with van der Waals surface area (Å²) in [7, 11) is 0. The number of aromatic amines is 1. The molecule has 2 aromatic heterocycles. The molecule has 0 fully saturated rings. The number of fused-ring (bicyclic) bond motifs is 1. The number of rotatable bonds is 7. The van der Waals surface area contributed by atoms with Gasteiger partial charge in [0.2, 0.25) is 5.91 Å². The Morgan fingerprint density at radius 3 is 3.00 bits per heavy atom. The van der Waals surface area contributed by atoms with E-state index < -0.39 is 0 Å². The number of aromatic nitrogens is 6. The normalized spacial score (nSPS) is 11.3. The largest absolute Gasteiger partial charge is 0.348 e. The molecule has 0 spiro atoms. The second kappa shape index (κ2) is 7.43. The number of hydrogen-bond acceptors (Lipinski definition) is 6. The first-order valence-corrected chi connectivity index (χ1v) is 8.84. The van der Waals surface area contributed by atoms with Gasteiger partial charge in [-0.1, -0.05) is 12.1 Å². The maximum Gasteiger partial charge on any atom is 0.230 e. The van der Waals surface area contributed by atoms with Crippen LogP contribution in [0.2, 0.25) is 0 Å². The highest BCUT2D eigenvalue weighted by Gasteiger charge is 2.10. The number of nitrogens with one attached hydrogen (secondary N) is 2. The number of hydrogen-bond donors (Lipinski definition) is 2. The molecule has 0 bridgehead atoms. The standard InChI is InChI=1S/C15H19N7OS/c1-10(2)22-14(19-20-21-22)8-24-9-15(23)16-7-13-17-11-5-3-4-6-12(11)18-13/h3-6,10H,7-9H2,1-2H3,(H,16,23)(H,17,18). The molecule has 0 unspecified atom stereocenters. The van der Waals surface area contributed by atoms with Crippen LogP contribution in [-0.2, 0) is 17.1 Å². The monoisotopic (exact) mass is 345 g/mol. The lowest BCUT2D eigenvalue weighted by Gasteiger charge is -2.07. The van der Waals surface area contributed by atoms with Gasteiger partial charge in [0, 0.05) is 0 Å². The summed E-state index contributed by atoms with van der Waals surface area (Å²) >= 11 is 1.48. The molecule has 3 rings (SSSR count). The van der Waals surface area contributed by atoms with Gasteiger partial charge >= 0.3 is 0 Å². The van der Waals surface area contributed by atoms with E-state index in [4.69, 9.17) is 0 Å². The van der Waals surface area contributed by atoms with Crippen LogP contribution in [0.3, 0.4) is 0 Å². The summed E-state index contributed by atoms with van der Waals surface area (Å²) in [6.45, 7) is 4.42. The zero-order valence-corrected chi connectivity index (χ0v) is 14.4. The van der Waals surface area contributed by atoms with Crippen molar-refractivity contribution in [2.45, 2.75) is 32.2 Å². The lowest BCUT2D eigenvalue weighted by molar-refractivity contribution is -0.118. The average molecular weight is 345 g/mol. The van der Waals surface area contributed by atoms with E-state index in [1.54, 1.807) is 4.68 Å². The molecule has 3 aromatic rings. The van der Waals surface area contributed by atoms with E-state index in [0.717, 1.165) is 22.7 Å². The molecule has 0 saturated carbocycles. The Bertz CT molecular complexity index is 793. The minimum Gasteiger partial charge on any atom is -0.348 e. The van der Waals surface area contributed by atoms with Gasteiger partial charge in [0.1, 0.15) is 5.82 Å². The molecule has 24 heavy (non-hydrogen) atoms. The lowest BCUT2D eigenvalue weighted by atomic mass is 10.3. The zero-order chi connectivity index (χ0) is 16.9. The van der Waals surface area contributed by atoms with E-state index in [1.807, 2.05) is 38.1 Å². The third kappa shape index (κ3) is 3.91. The second-order valence-corrected chi connectivity index (χ2v) is 6.59. The fourth-order valence-electron chi connectivity index (χ4n) is 2.27. The van der Waals surface area contributed by atoms with Gasteiger partial charge in [-0.3, -0.25) is 4.79 Å². The summed E-state index contributed by atoms with van der Waals surface area (Å²) in [5.41, 5.74) is 1.87. The highest BCUT2D eigenvalue weighted by molar-refractivity contribution is 7.99. The molecular formula is C15H19N7OS. The van der Waals surface area contributed by atoms with E-state index >= 15 is 0 Å². The first kappa shape index (κ1) is 16.4. The van der Waals surface area contributed by atoms with Gasteiger partial charge in [0.15, 0.2) is 5.82 Å². The van der Waals surface area contributed by atoms with Crippen LogP contribution in [0, 0.1) is 0 Å². The van der Waals surface area contributed by atoms with E-state index in [2.05, 4.69) is 30.8 Å². The number of para-hydroxylation sites is 2. The summed E-state index contributed by atoms with van der Waals surface area (Å²) in [6, 6.07) is 7.99. The molecule has 0 atom stereocenters. The Balaban J connectivity index is 1.45. The van der Waals surface area contributed by atoms with Gasteiger partial charge in [0.25, 0.3) is 0 Å². The molecule has 0 aliphatic rings. The van der Waals surface area contributed by atoms with Gasteiger partial charge in [-0.05, 0) is 36.4 Å². The molecule has 8 nitrogen and oxygen atoms in total. The van der Waals surface area contributed by atoms with Crippen molar-refractivity contribution in [3.05, 3.63) is 35.9 Å². The maximum absolute atomic E-state index is 11.9. The van der Waals surface area contributed by atoms with Crippen molar-refractivity contribution in [1.29, 1.82) is 0 Å². The summed E-state index contributed by atoms with van der Waals surface area (Å²) in [5, 5.41) is 14.5. The van der Waals surface area contributed by atoms with Crippen LogP contribution in [0.1, 0.15) is 31.5 Å². The molecule has 2 N–H and O–H groups in total. The van der Waals surface area contributed by atoms with Crippen molar-refractivity contribution in [3.8, 4) is 0 Å². The smallest absolute Gasteiger partial charge is 0.230 e. The molecule has 0 aliphatic heterocycles. The van der Waals surface area contributed by atoms with Crippen LogP contribution in [0.15, 0.2) is 24.3 Å². The van der Waals surface area contributed by atoms with E-state index in [9.17, 15) is 4.79 Å². The SMILES string of the molecule is CC(C)n1nnnc1CSCC(=O)NCc1nc2ccccc2[nH]1. The highest BCUT2D eigenvalue weighted by Crippen LogP contribution is 2.13. The van der Waals surface area contributed by atoms with Crippen LogP contribution >= 0.6 is 11.8 Å². The van der Waals surface area contributed by atoms with Crippen LogP contribution in [0.4, 0.5) is 0 Å². The third-order valence-electron chi connectivity index (χ3n) is 3.41. The summed E-state index contributed by atoms with van der Waals surface area (Å²) in [4.78, 5) is 19.6. The molecule has 0 saturated heterocycles. The topological polar surface area (TPSA) is 101 Å². The number of benzene rings is 1. The van der Waals surface area contributed by atoms with Gasteiger partial charge in [-0.15, -0.1) is 16.9 Å². The molecule has 1 amide bonds. The van der Waals surface area contributed by atoms with E-state index in [1.165, 1.54) is 11.8 Å². The molecule has 126 valence electrons. The Morgan fingerprint density at radius 1 is 1.38 bits per heavy atom. The van der Waals surface area contributed by atoms with Gasteiger partial charge < -0.3 is 10.3 Å². The number of nitrogens with zero attached hydrogens (tertiary/aromatic N) is 5. The Kier molecular flexibility index (Phi) is 5.09. The maximum atomic E-state index is 11.9. The average Bonchev–Trinajstić information content (AvgIpc) is 3.19. The molecule has 0 aliphatic carbocycles. The second-order valence-electron chi connectivity index (χ2n) is 5.60. The summed E-state index contributed by atoms with van der Waals surface area (Å²) < 4.78 is 1.76. The number of H-pyrrole nitrogens is 1. The Labute approximate surface area is 143 Å². The number of carbonyl (C=O) groups is 1. The number of imidazole rings is 1. The van der Waals surface area contributed by atoms with Gasteiger partial charge in [-0.25, -0.2) is 9.67 Å². The van der Waals surface area contributed by atoms with Crippen LogP contribution in [-0.4, -0.2) is 41.8 Å². The number of amides is 1. The minimum atomic E-state index is -0.0379. The van der Waals surface area contributed by atoms with Crippen molar-refractivity contribution in [2.75, 3.05) is 5.75 Å². The number of thioether (sulfide) groups is 1. The molecule has 9 heteroatoms. The van der Waals surface area contributed by atoms with Crippen molar-refractivity contribution in [1.82, 2.24) is 35.5 Å². The Hall–Kier alpha value is -2.42. The van der Waals surface area contributed by atoms with E-state index in [-0.39, 0.29) is 11.9 Å². The summed E-state index contributed by atoms with van der Waals surface area (Å²) in [6.07, 6.45) is 0. The van der Waals surface area contributed by atoms with Crippen LogP contribution in [0.5, 0.6) is 0 Å². The fourth-order valence-corrected chi connectivity index (χ4v) is 3.03. The minimum absolute atomic E-state index is 0.0379. The summed E-state index contributed by atoms with van der Waals surface area (Å²) in [5.74, 6) is 2.44. The fraction of sp³-hybridized carbons (Fsp3) is 0.400. The molecule has 2 heterocycles. The quantitative estimate of drug-likeness (QED) is 0.675. The van der Waals surface area contributed by atoms with Crippen molar-refractivity contribution < 1.29 is 4.79 Å². The number of tetrazole rings is 1. The first-order chi connectivity index (χ1) is 11.6. The molecule has 1 aromatic carbocycles. The van der Waals surface area contributed by atoms with Crippen molar-refractivity contribution >= 4 is 28.7 Å². The number of carbonyl (C=O) groups excluding carboxylic acids is 1. The predicted molar refractivity (Wildman–Crippen MR) is 92.3 cm³/mol. The highest BCUT2D eigenvalue weighted by atomic mass is 32.2. The first-order valence-electron chi connectivity index (χ1n) is 7.68. The predicted octanol–water partition coefficient (Wildman–Crippen LogP) is 1.68. The lowest BCUT2D eigenvalue weighted by Crippen LogP contribution is -2.25. The third-order valence-corrected chi connectivity index (χ3v) is 4.33.